The highest BCUT2D eigenvalue weighted by molar-refractivity contribution is 8.26. The third-order valence-corrected chi connectivity index (χ3v) is 5.45. The van der Waals surface area contributed by atoms with Crippen LogP contribution >= 0.6 is 24.0 Å². The third-order valence-electron chi connectivity index (χ3n) is 4.17. The van der Waals surface area contributed by atoms with E-state index in [4.69, 9.17) is 12.2 Å². The van der Waals surface area contributed by atoms with E-state index < -0.39 is 0 Å². The number of benzene rings is 2. The number of carbonyl (C=O) groups excluding carboxylic acids is 1. The van der Waals surface area contributed by atoms with Gasteiger partial charge in [0.25, 0.3) is 5.91 Å². The van der Waals surface area contributed by atoms with Gasteiger partial charge in [0.05, 0.1) is 11.1 Å². The monoisotopic (exact) mass is 380 g/mol. The first-order valence-corrected chi connectivity index (χ1v) is 9.83. The van der Waals surface area contributed by atoms with Crippen LogP contribution in [0.15, 0.2) is 58.5 Å². The molecule has 0 aliphatic carbocycles. The SMILES string of the molecule is CCc1ccc(/C=C2\SC(=S)N(/N=C/c3ccc(CC)cc3)C2=O)cc1. The number of aryl methyl sites for hydroxylation is 2. The van der Waals surface area contributed by atoms with Gasteiger partial charge in [-0.2, -0.15) is 10.1 Å². The van der Waals surface area contributed by atoms with E-state index in [1.807, 2.05) is 30.3 Å². The predicted octanol–water partition coefficient (Wildman–Crippen LogP) is 5.05. The van der Waals surface area contributed by atoms with Gasteiger partial charge < -0.3 is 0 Å². The second-order valence-electron chi connectivity index (χ2n) is 5.93. The maximum atomic E-state index is 12.6. The second-order valence-corrected chi connectivity index (χ2v) is 7.60. The van der Waals surface area contributed by atoms with Crippen molar-refractivity contribution in [2.45, 2.75) is 26.7 Å². The van der Waals surface area contributed by atoms with E-state index in [2.05, 4.69) is 43.2 Å². The first-order chi connectivity index (χ1) is 12.6. The topological polar surface area (TPSA) is 32.7 Å². The Balaban J connectivity index is 1.75. The van der Waals surface area contributed by atoms with Crippen molar-refractivity contribution in [2.75, 3.05) is 0 Å². The van der Waals surface area contributed by atoms with E-state index in [0.717, 1.165) is 24.0 Å². The second kappa shape index (κ2) is 8.43. The molecule has 0 N–H and O–H groups in total. The zero-order valence-corrected chi connectivity index (χ0v) is 16.4. The van der Waals surface area contributed by atoms with Gasteiger partial charge in [-0.1, -0.05) is 74.1 Å². The lowest BCUT2D eigenvalue weighted by Gasteiger charge is -2.06. The summed E-state index contributed by atoms with van der Waals surface area (Å²) in [5.74, 6) is -0.180. The molecule has 1 fully saturated rings. The smallest absolute Gasteiger partial charge is 0.266 e. The molecule has 0 radical (unpaired) electrons. The Bertz CT molecular complexity index is 868. The predicted molar refractivity (Wildman–Crippen MR) is 114 cm³/mol. The highest BCUT2D eigenvalue weighted by Crippen LogP contribution is 2.32. The van der Waals surface area contributed by atoms with Crippen LogP contribution in [0.3, 0.4) is 0 Å². The quantitative estimate of drug-likeness (QED) is 0.413. The molecule has 0 unspecified atom stereocenters. The molecule has 0 spiro atoms. The number of thiocarbonyl (C=S) groups is 1. The molecule has 0 bridgehead atoms. The molecule has 1 amide bonds. The van der Waals surface area contributed by atoms with Crippen molar-refractivity contribution in [3.63, 3.8) is 0 Å². The zero-order valence-electron chi connectivity index (χ0n) is 14.8. The first kappa shape index (κ1) is 18.5. The molecular weight excluding hydrogens is 360 g/mol. The summed E-state index contributed by atoms with van der Waals surface area (Å²) in [6, 6.07) is 16.3. The van der Waals surface area contributed by atoms with Gasteiger partial charge in [-0.15, -0.1) is 0 Å². The number of hydrogen-bond acceptors (Lipinski definition) is 4. The summed E-state index contributed by atoms with van der Waals surface area (Å²) in [6.45, 7) is 4.24. The molecule has 132 valence electrons. The van der Waals surface area contributed by atoms with E-state index in [0.29, 0.717) is 9.23 Å². The molecule has 26 heavy (non-hydrogen) atoms. The van der Waals surface area contributed by atoms with Gasteiger partial charge in [0.15, 0.2) is 4.32 Å². The van der Waals surface area contributed by atoms with Crippen molar-refractivity contribution in [2.24, 2.45) is 5.10 Å². The van der Waals surface area contributed by atoms with Crippen LogP contribution in [0, 0.1) is 0 Å². The zero-order chi connectivity index (χ0) is 18.5. The van der Waals surface area contributed by atoms with Gasteiger partial charge in [0.1, 0.15) is 0 Å². The molecule has 1 saturated heterocycles. The first-order valence-electron chi connectivity index (χ1n) is 8.60. The van der Waals surface area contributed by atoms with Gasteiger partial charge in [-0.25, -0.2) is 0 Å². The van der Waals surface area contributed by atoms with Crippen molar-refractivity contribution < 1.29 is 4.79 Å². The summed E-state index contributed by atoms with van der Waals surface area (Å²) in [5.41, 5.74) is 4.47. The van der Waals surface area contributed by atoms with E-state index in [1.165, 1.54) is 27.9 Å². The summed E-state index contributed by atoms with van der Waals surface area (Å²) in [5, 5.41) is 5.58. The summed E-state index contributed by atoms with van der Waals surface area (Å²) in [7, 11) is 0. The number of hydrazone groups is 1. The number of hydrogen-bond donors (Lipinski definition) is 0. The van der Waals surface area contributed by atoms with E-state index in [-0.39, 0.29) is 5.91 Å². The molecule has 1 aliphatic rings. The normalized spacial score (nSPS) is 16.2. The minimum absolute atomic E-state index is 0.180. The Hall–Kier alpha value is -2.24. The summed E-state index contributed by atoms with van der Waals surface area (Å²) in [6.07, 6.45) is 5.53. The molecule has 0 aromatic heterocycles. The minimum Gasteiger partial charge on any atom is -0.266 e. The maximum absolute atomic E-state index is 12.6. The van der Waals surface area contributed by atoms with Crippen LogP contribution in [0.25, 0.3) is 6.08 Å². The third kappa shape index (κ3) is 4.29. The van der Waals surface area contributed by atoms with Crippen molar-refractivity contribution in [1.82, 2.24) is 5.01 Å². The van der Waals surface area contributed by atoms with E-state index in [9.17, 15) is 4.79 Å². The maximum Gasteiger partial charge on any atom is 0.286 e. The van der Waals surface area contributed by atoms with Crippen LogP contribution in [0.5, 0.6) is 0 Å². The van der Waals surface area contributed by atoms with Crippen molar-refractivity contribution >= 4 is 46.5 Å². The fourth-order valence-electron chi connectivity index (χ4n) is 2.52. The molecule has 3 nitrogen and oxygen atoms in total. The molecule has 2 aromatic carbocycles. The Morgan fingerprint density at radius 3 is 2.04 bits per heavy atom. The van der Waals surface area contributed by atoms with Crippen LogP contribution in [-0.2, 0) is 17.6 Å². The van der Waals surface area contributed by atoms with Gasteiger partial charge in [0.2, 0.25) is 0 Å². The number of thioether (sulfide) groups is 1. The fourth-order valence-corrected chi connectivity index (χ4v) is 3.70. The molecule has 0 saturated carbocycles. The van der Waals surface area contributed by atoms with Crippen LogP contribution < -0.4 is 0 Å². The van der Waals surface area contributed by atoms with Crippen molar-refractivity contribution in [3.8, 4) is 0 Å². The summed E-state index contributed by atoms with van der Waals surface area (Å²) < 4.78 is 0.452. The molecule has 5 heteroatoms. The summed E-state index contributed by atoms with van der Waals surface area (Å²) in [4.78, 5) is 13.2. The minimum atomic E-state index is -0.180. The average Bonchev–Trinajstić information content (AvgIpc) is 2.94. The Morgan fingerprint density at radius 2 is 1.50 bits per heavy atom. The molecule has 0 atom stereocenters. The lowest BCUT2D eigenvalue weighted by molar-refractivity contribution is -0.122. The van der Waals surface area contributed by atoms with E-state index >= 15 is 0 Å². The molecule has 1 heterocycles. The lowest BCUT2D eigenvalue weighted by atomic mass is 10.1. The van der Waals surface area contributed by atoms with Gasteiger partial charge in [-0.05, 0) is 53.4 Å². The largest absolute Gasteiger partial charge is 0.286 e. The molecule has 3 rings (SSSR count). The number of carbonyl (C=O) groups is 1. The fraction of sp³-hybridized carbons (Fsp3) is 0.190. The van der Waals surface area contributed by atoms with E-state index in [1.54, 1.807) is 6.21 Å². The molecule has 2 aromatic rings. The highest BCUT2D eigenvalue weighted by atomic mass is 32.2. The number of amides is 1. The van der Waals surface area contributed by atoms with Gasteiger partial charge in [-0.3, -0.25) is 4.79 Å². The van der Waals surface area contributed by atoms with Crippen LogP contribution in [0.2, 0.25) is 0 Å². The Morgan fingerprint density at radius 1 is 0.962 bits per heavy atom. The number of rotatable bonds is 5. The average molecular weight is 381 g/mol. The van der Waals surface area contributed by atoms with Gasteiger partial charge >= 0.3 is 0 Å². The van der Waals surface area contributed by atoms with Crippen LogP contribution in [0.1, 0.15) is 36.1 Å². The van der Waals surface area contributed by atoms with Crippen LogP contribution in [-0.4, -0.2) is 21.5 Å². The van der Waals surface area contributed by atoms with Gasteiger partial charge in [0, 0.05) is 0 Å². The summed E-state index contributed by atoms with van der Waals surface area (Å²) >= 11 is 6.60. The molecular formula is C21H20N2OS2. The molecule has 1 aliphatic heterocycles. The van der Waals surface area contributed by atoms with Crippen molar-refractivity contribution in [1.29, 1.82) is 0 Å². The number of nitrogens with zero attached hydrogens (tertiary/aromatic N) is 2. The highest BCUT2D eigenvalue weighted by Gasteiger charge is 2.31. The Labute approximate surface area is 163 Å². The lowest BCUT2D eigenvalue weighted by Crippen LogP contribution is -2.22. The Kier molecular flexibility index (Phi) is 6.01. The van der Waals surface area contributed by atoms with Crippen LogP contribution in [0.4, 0.5) is 0 Å². The van der Waals surface area contributed by atoms with Crippen molar-refractivity contribution in [3.05, 3.63) is 75.7 Å². The standard InChI is InChI=1S/C21H20N2OS2/c1-3-15-5-9-17(10-6-15)13-19-20(24)23(21(25)26-19)22-14-18-11-7-16(4-2)8-12-18/h5-14H,3-4H2,1-2H3/b19-13-,22-14+.